The summed E-state index contributed by atoms with van der Waals surface area (Å²) in [6.07, 6.45) is 4.44. The number of fused-ring (bicyclic) bond motifs is 3. The number of methoxy groups -OCH3 is 2. The maximum Gasteiger partial charge on any atom is 0.143 e. The summed E-state index contributed by atoms with van der Waals surface area (Å²) < 4.78 is 26.9. The summed E-state index contributed by atoms with van der Waals surface area (Å²) in [6.45, 7) is 0.142. The number of aliphatic hydroxyl groups excluding tert-OH is 1. The number of rotatable bonds is 9. The van der Waals surface area contributed by atoms with Crippen LogP contribution in [-0.2, 0) is 15.1 Å². The van der Waals surface area contributed by atoms with Gasteiger partial charge >= 0.3 is 0 Å². The molecule has 3 atom stereocenters. The molecule has 6 aromatic rings. The molecule has 7 rings (SSSR count). The van der Waals surface area contributed by atoms with Crippen molar-refractivity contribution in [3.63, 3.8) is 0 Å². The Labute approximate surface area is 268 Å². The van der Waals surface area contributed by atoms with Gasteiger partial charge in [-0.2, -0.15) is 0 Å². The minimum Gasteiger partial charge on any atom is -0.497 e. The van der Waals surface area contributed by atoms with Gasteiger partial charge in [-0.1, -0.05) is 78.7 Å². The van der Waals surface area contributed by atoms with Crippen LogP contribution in [0.5, 0.6) is 11.5 Å². The molecule has 0 radical (unpaired) electrons. The van der Waals surface area contributed by atoms with E-state index in [4.69, 9.17) is 25.4 Å². The number of ether oxygens (including phenoxy) is 4. The smallest absolute Gasteiger partial charge is 0.143 e. The summed E-state index contributed by atoms with van der Waals surface area (Å²) in [7, 11) is 3.31. The molecule has 0 spiro atoms. The van der Waals surface area contributed by atoms with Gasteiger partial charge < -0.3 is 28.6 Å². The van der Waals surface area contributed by atoms with E-state index in [1.807, 2.05) is 97.1 Å². The van der Waals surface area contributed by atoms with E-state index in [0.29, 0.717) is 6.42 Å². The molecule has 46 heavy (non-hydrogen) atoms. The number of hydrogen-bond donors (Lipinski definition) is 1. The van der Waals surface area contributed by atoms with Gasteiger partial charge in [0.25, 0.3) is 0 Å². The predicted molar refractivity (Wildman–Crippen MR) is 180 cm³/mol. The first-order chi connectivity index (χ1) is 22.5. The van der Waals surface area contributed by atoms with Gasteiger partial charge in [0, 0.05) is 22.8 Å². The summed E-state index contributed by atoms with van der Waals surface area (Å²) in [5.41, 5.74) is 4.62. The van der Waals surface area contributed by atoms with Gasteiger partial charge in [-0.15, -0.1) is 6.42 Å². The fraction of sp³-hybridized carbons (Fsp3) is 0.200. The van der Waals surface area contributed by atoms with Crippen molar-refractivity contribution in [1.82, 2.24) is 4.57 Å². The highest BCUT2D eigenvalue weighted by atomic mass is 16.6. The third-order valence-electron chi connectivity index (χ3n) is 9.01. The summed E-state index contributed by atoms with van der Waals surface area (Å²) >= 11 is 0. The first-order valence-electron chi connectivity index (χ1n) is 15.4. The molecule has 0 bridgehead atoms. The Balaban J connectivity index is 1.27. The average molecular weight is 610 g/mol. The molecular formula is C40H35NO5. The Kier molecular flexibility index (Phi) is 7.98. The molecule has 0 amide bonds. The van der Waals surface area contributed by atoms with Crippen LogP contribution in [0.15, 0.2) is 121 Å². The first kappa shape index (κ1) is 29.6. The summed E-state index contributed by atoms with van der Waals surface area (Å²) in [5.74, 6) is 4.25. The Hall–Kier alpha value is -5.06. The Morgan fingerprint density at radius 2 is 1.35 bits per heavy atom. The van der Waals surface area contributed by atoms with Crippen LogP contribution in [0.2, 0.25) is 0 Å². The highest BCUT2D eigenvalue weighted by Crippen LogP contribution is 2.43. The zero-order chi connectivity index (χ0) is 31.7. The average Bonchev–Trinajstić information content (AvgIpc) is 3.65. The van der Waals surface area contributed by atoms with E-state index in [1.165, 1.54) is 0 Å². The number of terminal acetylenes is 1. The molecule has 0 unspecified atom stereocenters. The standard InChI is InChI=1S/C40H35NO5/c1-4-27-14-23-36-34(24-27)33-12-8-9-13-35(33)41(36)39-25-37(42)38(46-39)26-45-40(28-10-6-5-7-11-28,29-15-19-31(43-2)20-16-29)30-17-21-32(44-3)22-18-30/h1,5-24,37-39,42H,25-26H2,2-3H3/t37-,38+,39+/m0/s1. The Bertz CT molecular complexity index is 1960. The zero-order valence-electron chi connectivity index (χ0n) is 25.8. The topological polar surface area (TPSA) is 62.1 Å². The van der Waals surface area contributed by atoms with Crippen molar-refractivity contribution in [2.75, 3.05) is 20.8 Å². The minimum absolute atomic E-state index is 0.142. The van der Waals surface area contributed by atoms with Gasteiger partial charge in [0.2, 0.25) is 0 Å². The van der Waals surface area contributed by atoms with E-state index < -0.39 is 24.0 Å². The molecule has 1 saturated heterocycles. The summed E-state index contributed by atoms with van der Waals surface area (Å²) in [4.78, 5) is 0. The highest BCUT2D eigenvalue weighted by molar-refractivity contribution is 6.08. The second kappa shape index (κ2) is 12.4. The normalized spacial score (nSPS) is 18.1. The molecular weight excluding hydrogens is 574 g/mol. The lowest BCUT2D eigenvalue weighted by Gasteiger charge is -2.37. The van der Waals surface area contributed by atoms with Crippen LogP contribution in [-0.4, -0.2) is 42.7 Å². The summed E-state index contributed by atoms with van der Waals surface area (Å²) in [5, 5.41) is 13.6. The maximum atomic E-state index is 11.5. The van der Waals surface area contributed by atoms with E-state index >= 15 is 0 Å². The van der Waals surface area contributed by atoms with Crippen molar-refractivity contribution >= 4 is 21.8 Å². The van der Waals surface area contributed by atoms with Crippen LogP contribution in [0.1, 0.15) is 34.9 Å². The second-order valence-electron chi connectivity index (χ2n) is 11.5. The molecule has 2 heterocycles. The van der Waals surface area contributed by atoms with Crippen LogP contribution < -0.4 is 9.47 Å². The van der Waals surface area contributed by atoms with Crippen molar-refractivity contribution in [2.45, 2.75) is 30.5 Å². The van der Waals surface area contributed by atoms with Gasteiger partial charge in [0.05, 0.1) is 38.0 Å². The lowest BCUT2D eigenvalue weighted by atomic mass is 9.80. The molecule has 5 aromatic carbocycles. The largest absolute Gasteiger partial charge is 0.497 e. The van der Waals surface area contributed by atoms with Crippen molar-refractivity contribution in [3.8, 4) is 23.8 Å². The highest BCUT2D eigenvalue weighted by Gasteiger charge is 2.42. The number of nitrogens with zero attached hydrogens (tertiary/aromatic N) is 1. The van der Waals surface area contributed by atoms with E-state index in [1.54, 1.807) is 14.2 Å². The number of benzene rings is 5. The lowest BCUT2D eigenvalue weighted by Crippen LogP contribution is -2.38. The predicted octanol–water partition coefficient (Wildman–Crippen LogP) is 7.45. The van der Waals surface area contributed by atoms with Crippen LogP contribution in [0.4, 0.5) is 0 Å². The van der Waals surface area contributed by atoms with Gasteiger partial charge in [0.1, 0.15) is 29.4 Å². The van der Waals surface area contributed by atoms with Crippen molar-refractivity contribution in [3.05, 3.63) is 144 Å². The SMILES string of the molecule is C#Cc1ccc2c(c1)c1ccccc1n2[C@H]1C[C@H](O)[C@@H](COC(c2ccccc2)(c2ccc(OC)cc2)c2ccc(OC)cc2)O1. The van der Waals surface area contributed by atoms with Crippen molar-refractivity contribution in [2.24, 2.45) is 0 Å². The van der Waals surface area contributed by atoms with Crippen LogP contribution in [0, 0.1) is 12.3 Å². The fourth-order valence-electron chi connectivity index (χ4n) is 6.71. The second-order valence-corrected chi connectivity index (χ2v) is 11.5. The Morgan fingerprint density at radius 3 is 1.98 bits per heavy atom. The number of aliphatic hydroxyl groups is 1. The van der Waals surface area contributed by atoms with Crippen molar-refractivity contribution < 1.29 is 24.1 Å². The molecule has 1 N–H and O–H groups in total. The third kappa shape index (κ3) is 5.09. The molecule has 6 heteroatoms. The van der Waals surface area contributed by atoms with Gasteiger partial charge in [-0.25, -0.2) is 0 Å². The van der Waals surface area contributed by atoms with Gasteiger partial charge in [-0.05, 0) is 65.2 Å². The van der Waals surface area contributed by atoms with E-state index in [0.717, 1.165) is 55.6 Å². The van der Waals surface area contributed by atoms with Crippen LogP contribution in [0.25, 0.3) is 21.8 Å². The molecule has 1 fully saturated rings. The zero-order valence-corrected chi connectivity index (χ0v) is 25.8. The molecule has 0 aliphatic carbocycles. The number of para-hydroxylation sites is 1. The van der Waals surface area contributed by atoms with Gasteiger partial charge in [-0.3, -0.25) is 0 Å². The maximum absolute atomic E-state index is 11.5. The molecule has 0 saturated carbocycles. The monoisotopic (exact) mass is 609 g/mol. The molecule has 1 aliphatic heterocycles. The lowest BCUT2D eigenvalue weighted by molar-refractivity contribution is -0.0923. The fourth-order valence-corrected chi connectivity index (χ4v) is 6.71. The molecule has 6 nitrogen and oxygen atoms in total. The quantitative estimate of drug-likeness (QED) is 0.136. The number of aromatic nitrogens is 1. The van der Waals surface area contributed by atoms with Crippen molar-refractivity contribution in [1.29, 1.82) is 0 Å². The molecule has 1 aromatic heterocycles. The Morgan fingerprint density at radius 1 is 0.761 bits per heavy atom. The van der Waals surface area contributed by atoms with E-state index in [-0.39, 0.29) is 6.61 Å². The molecule has 230 valence electrons. The minimum atomic E-state index is -1.01. The molecule has 1 aliphatic rings. The first-order valence-corrected chi connectivity index (χ1v) is 15.4. The van der Waals surface area contributed by atoms with Crippen LogP contribution >= 0.6 is 0 Å². The number of hydrogen-bond acceptors (Lipinski definition) is 5. The van der Waals surface area contributed by atoms with E-state index in [9.17, 15) is 5.11 Å². The van der Waals surface area contributed by atoms with Gasteiger partial charge in [0.15, 0.2) is 0 Å². The van der Waals surface area contributed by atoms with Crippen LogP contribution in [0.3, 0.4) is 0 Å². The summed E-state index contributed by atoms with van der Waals surface area (Å²) in [6, 6.07) is 40.2. The van der Waals surface area contributed by atoms with E-state index in [2.05, 4.69) is 34.8 Å². The third-order valence-corrected chi connectivity index (χ3v) is 9.01.